The van der Waals surface area contributed by atoms with Crippen LogP contribution >= 0.6 is 11.6 Å². The molecular weight excluding hydrogens is 306 g/mol. The van der Waals surface area contributed by atoms with Crippen molar-refractivity contribution in [3.63, 3.8) is 0 Å². The highest BCUT2D eigenvalue weighted by Gasteiger charge is 2.54. The number of likely N-dealkylation sites (tertiary alicyclic amines) is 1. The quantitative estimate of drug-likeness (QED) is 0.798. The lowest BCUT2D eigenvalue weighted by molar-refractivity contribution is -0.0615. The van der Waals surface area contributed by atoms with Crippen LogP contribution < -0.4 is 10.6 Å². The Balaban J connectivity index is 1.36. The Morgan fingerprint density at radius 1 is 1.27 bits per heavy atom. The van der Waals surface area contributed by atoms with Crippen molar-refractivity contribution in [2.24, 2.45) is 5.41 Å². The average Bonchev–Trinajstić information content (AvgIpc) is 2.38. The molecule has 2 aliphatic rings. The molecule has 1 spiro atoms. The number of carbonyl (C=O) groups excluding carboxylic acids is 1. The van der Waals surface area contributed by atoms with Crippen LogP contribution in [0.4, 0.5) is 9.59 Å². The fourth-order valence-electron chi connectivity index (χ4n) is 3.27. The SMILES string of the molecule is O=C(NCc1ccc(Cl)cc1)NC1CC2(C1)CN(C(=O)O)C2. The largest absolute Gasteiger partial charge is 0.465 e. The van der Waals surface area contributed by atoms with Crippen LogP contribution in [0.25, 0.3) is 0 Å². The normalized spacial score (nSPS) is 19.2. The minimum Gasteiger partial charge on any atom is -0.465 e. The Morgan fingerprint density at radius 3 is 2.50 bits per heavy atom. The number of hydrogen-bond donors (Lipinski definition) is 3. The fraction of sp³-hybridized carbons (Fsp3) is 0.467. The van der Waals surface area contributed by atoms with Crippen LogP contribution in [0.5, 0.6) is 0 Å². The summed E-state index contributed by atoms with van der Waals surface area (Å²) < 4.78 is 0. The van der Waals surface area contributed by atoms with Gasteiger partial charge in [0.15, 0.2) is 0 Å². The van der Waals surface area contributed by atoms with Crippen molar-refractivity contribution in [3.05, 3.63) is 34.9 Å². The van der Waals surface area contributed by atoms with E-state index in [9.17, 15) is 9.59 Å². The third-order valence-corrected chi connectivity index (χ3v) is 4.64. The molecule has 2 fully saturated rings. The van der Waals surface area contributed by atoms with Crippen molar-refractivity contribution >= 4 is 23.7 Å². The Kier molecular flexibility index (Phi) is 3.87. The summed E-state index contributed by atoms with van der Waals surface area (Å²) >= 11 is 5.81. The van der Waals surface area contributed by atoms with Gasteiger partial charge in [0.2, 0.25) is 0 Å². The first-order chi connectivity index (χ1) is 10.5. The van der Waals surface area contributed by atoms with Crippen LogP contribution in [0.3, 0.4) is 0 Å². The molecule has 0 bridgehead atoms. The second kappa shape index (κ2) is 5.68. The van der Waals surface area contributed by atoms with E-state index in [0.29, 0.717) is 24.7 Å². The fourth-order valence-corrected chi connectivity index (χ4v) is 3.39. The van der Waals surface area contributed by atoms with E-state index in [-0.39, 0.29) is 17.5 Å². The van der Waals surface area contributed by atoms with Gasteiger partial charge in [-0.25, -0.2) is 9.59 Å². The van der Waals surface area contributed by atoms with Crippen molar-refractivity contribution in [1.82, 2.24) is 15.5 Å². The van der Waals surface area contributed by atoms with Crippen LogP contribution in [-0.2, 0) is 6.54 Å². The van der Waals surface area contributed by atoms with Crippen molar-refractivity contribution in [1.29, 1.82) is 0 Å². The topological polar surface area (TPSA) is 81.7 Å². The first kappa shape index (κ1) is 15.0. The molecule has 0 unspecified atom stereocenters. The summed E-state index contributed by atoms with van der Waals surface area (Å²) in [4.78, 5) is 24.0. The molecule has 1 heterocycles. The number of nitrogens with one attached hydrogen (secondary N) is 2. The Bertz CT molecular complexity index is 576. The van der Waals surface area contributed by atoms with Gasteiger partial charge in [-0.2, -0.15) is 0 Å². The Labute approximate surface area is 133 Å². The molecule has 6 nitrogen and oxygen atoms in total. The molecule has 1 aromatic carbocycles. The highest BCUT2D eigenvalue weighted by Crippen LogP contribution is 2.48. The number of rotatable bonds is 3. The summed E-state index contributed by atoms with van der Waals surface area (Å²) in [6.07, 6.45) is 0.846. The number of carbonyl (C=O) groups is 2. The molecule has 0 atom stereocenters. The maximum atomic E-state index is 11.8. The van der Waals surface area contributed by atoms with Crippen LogP contribution in [0.1, 0.15) is 18.4 Å². The molecule has 1 aliphatic carbocycles. The van der Waals surface area contributed by atoms with E-state index < -0.39 is 6.09 Å². The monoisotopic (exact) mass is 323 g/mol. The van der Waals surface area contributed by atoms with Gasteiger partial charge in [0.05, 0.1) is 0 Å². The zero-order valence-corrected chi connectivity index (χ0v) is 12.8. The minimum atomic E-state index is -0.859. The number of hydrogen-bond acceptors (Lipinski definition) is 2. The maximum Gasteiger partial charge on any atom is 0.407 e. The zero-order chi connectivity index (χ0) is 15.7. The van der Waals surface area contributed by atoms with Crippen molar-refractivity contribution < 1.29 is 14.7 Å². The summed E-state index contributed by atoms with van der Waals surface area (Å²) in [6.45, 7) is 1.63. The lowest BCUT2D eigenvalue weighted by Gasteiger charge is -2.58. The molecule has 3 rings (SSSR count). The highest BCUT2D eigenvalue weighted by molar-refractivity contribution is 6.30. The smallest absolute Gasteiger partial charge is 0.407 e. The molecular formula is C15H18ClN3O3. The summed E-state index contributed by atoms with van der Waals surface area (Å²) in [5, 5.41) is 15.2. The first-order valence-electron chi connectivity index (χ1n) is 7.22. The van der Waals surface area contributed by atoms with E-state index in [2.05, 4.69) is 10.6 Å². The number of carboxylic acid groups (broad SMARTS) is 1. The summed E-state index contributed by atoms with van der Waals surface area (Å²) in [5.74, 6) is 0. The molecule has 1 aliphatic heterocycles. The number of benzene rings is 1. The number of nitrogens with zero attached hydrogens (tertiary/aromatic N) is 1. The van der Waals surface area contributed by atoms with Crippen molar-refractivity contribution in [3.8, 4) is 0 Å². The third-order valence-electron chi connectivity index (χ3n) is 4.38. The minimum absolute atomic E-state index is 0.104. The molecule has 3 amide bonds. The number of amides is 3. The standard InChI is InChI=1S/C15H18ClN3O3/c16-11-3-1-10(2-4-11)7-17-13(20)18-12-5-15(6-12)8-19(9-15)14(21)22/h1-4,12H,5-9H2,(H,21,22)(H2,17,18,20). The van der Waals surface area contributed by atoms with E-state index in [1.807, 2.05) is 12.1 Å². The van der Waals surface area contributed by atoms with Gasteiger partial charge < -0.3 is 20.6 Å². The number of halogens is 1. The predicted octanol–water partition coefficient (Wildman–Crippen LogP) is 2.28. The summed E-state index contributed by atoms with van der Waals surface area (Å²) in [6, 6.07) is 7.27. The van der Waals surface area contributed by atoms with E-state index in [1.54, 1.807) is 12.1 Å². The second-order valence-electron chi connectivity index (χ2n) is 6.20. The van der Waals surface area contributed by atoms with Crippen LogP contribution in [0, 0.1) is 5.41 Å². The highest BCUT2D eigenvalue weighted by atomic mass is 35.5. The Hall–Kier alpha value is -1.95. The van der Waals surface area contributed by atoms with E-state index in [1.165, 1.54) is 4.90 Å². The van der Waals surface area contributed by atoms with Crippen LogP contribution in [0.15, 0.2) is 24.3 Å². The van der Waals surface area contributed by atoms with Gasteiger partial charge in [-0.1, -0.05) is 23.7 Å². The molecule has 1 saturated carbocycles. The molecule has 118 valence electrons. The Morgan fingerprint density at radius 2 is 1.91 bits per heavy atom. The van der Waals surface area contributed by atoms with E-state index in [0.717, 1.165) is 18.4 Å². The lowest BCUT2D eigenvalue weighted by atomic mass is 9.61. The van der Waals surface area contributed by atoms with Gasteiger partial charge in [-0.15, -0.1) is 0 Å². The average molecular weight is 324 g/mol. The van der Waals surface area contributed by atoms with Gasteiger partial charge in [-0.05, 0) is 30.5 Å². The predicted molar refractivity (Wildman–Crippen MR) is 81.9 cm³/mol. The molecule has 0 aromatic heterocycles. The summed E-state index contributed by atoms with van der Waals surface area (Å²) in [5.41, 5.74) is 1.09. The molecule has 22 heavy (non-hydrogen) atoms. The van der Waals surface area contributed by atoms with E-state index in [4.69, 9.17) is 16.7 Å². The molecule has 1 saturated heterocycles. The molecule has 3 N–H and O–H groups in total. The zero-order valence-electron chi connectivity index (χ0n) is 12.0. The van der Waals surface area contributed by atoms with Gasteiger partial charge in [-0.3, -0.25) is 0 Å². The second-order valence-corrected chi connectivity index (χ2v) is 6.63. The van der Waals surface area contributed by atoms with Gasteiger partial charge >= 0.3 is 12.1 Å². The van der Waals surface area contributed by atoms with Gasteiger partial charge in [0.1, 0.15) is 0 Å². The first-order valence-corrected chi connectivity index (χ1v) is 7.60. The van der Waals surface area contributed by atoms with Crippen LogP contribution in [0.2, 0.25) is 5.02 Å². The van der Waals surface area contributed by atoms with Crippen molar-refractivity contribution in [2.75, 3.05) is 13.1 Å². The summed E-state index contributed by atoms with van der Waals surface area (Å²) in [7, 11) is 0. The van der Waals surface area contributed by atoms with Crippen molar-refractivity contribution in [2.45, 2.75) is 25.4 Å². The van der Waals surface area contributed by atoms with Gasteiger partial charge in [0.25, 0.3) is 0 Å². The van der Waals surface area contributed by atoms with E-state index >= 15 is 0 Å². The molecule has 7 heteroatoms. The lowest BCUT2D eigenvalue weighted by Crippen LogP contribution is -2.67. The van der Waals surface area contributed by atoms with Crippen LogP contribution in [-0.4, -0.2) is 41.3 Å². The molecule has 1 aromatic rings. The maximum absolute atomic E-state index is 11.8. The third kappa shape index (κ3) is 3.11. The van der Waals surface area contributed by atoms with Gasteiger partial charge in [0, 0.05) is 36.1 Å². The number of urea groups is 1. The molecule has 0 radical (unpaired) electrons.